The molecular formula is C16H24N2O4S. The van der Waals surface area contributed by atoms with Crippen LogP contribution in [0.5, 0.6) is 5.75 Å². The van der Waals surface area contributed by atoms with Crippen molar-refractivity contribution in [2.75, 3.05) is 19.7 Å². The zero-order valence-electron chi connectivity index (χ0n) is 13.5. The summed E-state index contributed by atoms with van der Waals surface area (Å²) in [5, 5.41) is 0. The Morgan fingerprint density at radius 3 is 2.52 bits per heavy atom. The van der Waals surface area contributed by atoms with Crippen LogP contribution in [0.25, 0.3) is 0 Å². The van der Waals surface area contributed by atoms with E-state index in [1.807, 2.05) is 0 Å². The summed E-state index contributed by atoms with van der Waals surface area (Å²) in [7, 11) is -3.51. The summed E-state index contributed by atoms with van der Waals surface area (Å²) in [5.74, 6) is 0.673. The number of hydrogen-bond acceptors (Lipinski definition) is 5. The smallest absolute Gasteiger partial charge is 0.240 e. The van der Waals surface area contributed by atoms with Crippen LogP contribution in [0.3, 0.4) is 0 Å². The van der Waals surface area contributed by atoms with E-state index in [2.05, 4.69) is 16.6 Å². The fourth-order valence-electron chi connectivity index (χ4n) is 1.91. The van der Waals surface area contributed by atoms with Crippen LogP contribution < -0.4 is 9.46 Å². The third-order valence-corrected chi connectivity index (χ3v) is 4.68. The number of hydrogen-bond donors (Lipinski definition) is 1. The van der Waals surface area contributed by atoms with Crippen LogP contribution in [0.15, 0.2) is 34.2 Å². The fraction of sp³-hybridized carbons (Fsp3) is 0.562. The number of nitrogens with one attached hydrogen (secondary N) is 1. The fourth-order valence-corrected chi connectivity index (χ4v) is 2.98. The van der Waals surface area contributed by atoms with E-state index in [9.17, 15) is 13.2 Å². The minimum atomic E-state index is -3.51. The minimum absolute atomic E-state index is 0.212. The summed E-state index contributed by atoms with van der Waals surface area (Å²) in [6, 6.07) is 6.40. The third kappa shape index (κ3) is 7.93. The van der Waals surface area contributed by atoms with Gasteiger partial charge in [-0.2, -0.15) is 0 Å². The van der Waals surface area contributed by atoms with Gasteiger partial charge < -0.3 is 4.74 Å². The number of benzene rings is 1. The van der Waals surface area contributed by atoms with E-state index in [0.29, 0.717) is 38.3 Å². The average molecular weight is 340 g/mol. The molecule has 1 aromatic carbocycles. The molecule has 0 aliphatic heterocycles. The van der Waals surface area contributed by atoms with Gasteiger partial charge in [0.05, 0.1) is 18.0 Å². The number of isocyanates is 1. The molecule has 0 heterocycles. The van der Waals surface area contributed by atoms with Crippen LogP contribution in [0.1, 0.15) is 39.0 Å². The first-order valence-corrected chi connectivity index (χ1v) is 9.34. The van der Waals surface area contributed by atoms with Gasteiger partial charge in [0.25, 0.3) is 0 Å². The van der Waals surface area contributed by atoms with Crippen molar-refractivity contribution in [1.82, 2.24) is 4.72 Å². The summed E-state index contributed by atoms with van der Waals surface area (Å²) < 4.78 is 32.3. The molecule has 0 fully saturated rings. The normalized spacial score (nSPS) is 11.0. The van der Waals surface area contributed by atoms with Gasteiger partial charge in [-0.25, -0.2) is 22.9 Å². The SMILES string of the molecule is CCCCCOc1ccc(S(=O)(=O)NCCCCN=C=O)cc1. The molecule has 128 valence electrons. The van der Waals surface area contributed by atoms with Crippen molar-refractivity contribution in [3.8, 4) is 5.75 Å². The van der Waals surface area contributed by atoms with Crippen molar-refractivity contribution < 1.29 is 17.9 Å². The predicted molar refractivity (Wildman–Crippen MR) is 88.9 cm³/mol. The molecule has 1 rings (SSSR count). The Hall–Kier alpha value is -1.69. The van der Waals surface area contributed by atoms with Gasteiger partial charge in [-0.3, -0.25) is 0 Å². The quantitative estimate of drug-likeness (QED) is 0.360. The molecule has 0 saturated carbocycles. The van der Waals surface area contributed by atoms with E-state index >= 15 is 0 Å². The number of unbranched alkanes of at least 4 members (excludes halogenated alkanes) is 3. The predicted octanol–water partition coefficient (Wildman–Crippen LogP) is 2.65. The Morgan fingerprint density at radius 2 is 1.87 bits per heavy atom. The van der Waals surface area contributed by atoms with Crippen LogP contribution in [0.4, 0.5) is 0 Å². The molecule has 0 aliphatic rings. The minimum Gasteiger partial charge on any atom is -0.494 e. The molecule has 0 amide bonds. The highest BCUT2D eigenvalue weighted by atomic mass is 32.2. The zero-order chi connectivity index (χ0) is 17.0. The van der Waals surface area contributed by atoms with Gasteiger partial charge >= 0.3 is 0 Å². The van der Waals surface area contributed by atoms with Crippen molar-refractivity contribution in [3.05, 3.63) is 24.3 Å². The van der Waals surface area contributed by atoms with Gasteiger partial charge in [0.2, 0.25) is 16.1 Å². The number of carbonyl (C=O) groups excluding carboxylic acids is 1. The first-order chi connectivity index (χ1) is 11.1. The number of ether oxygens (including phenoxy) is 1. The molecule has 0 spiro atoms. The molecule has 0 saturated heterocycles. The second kappa shape index (κ2) is 10.9. The maximum absolute atomic E-state index is 12.1. The molecule has 7 heteroatoms. The number of nitrogens with zero attached hydrogens (tertiary/aromatic N) is 1. The lowest BCUT2D eigenvalue weighted by Crippen LogP contribution is -2.24. The Bertz CT molecular complexity index is 593. The monoisotopic (exact) mass is 340 g/mol. The van der Waals surface area contributed by atoms with E-state index in [4.69, 9.17) is 4.74 Å². The molecule has 1 aromatic rings. The Morgan fingerprint density at radius 1 is 1.13 bits per heavy atom. The topological polar surface area (TPSA) is 84.8 Å². The molecule has 0 unspecified atom stereocenters. The van der Waals surface area contributed by atoms with E-state index in [1.165, 1.54) is 18.2 Å². The van der Waals surface area contributed by atoms with Crippen LogP contribution in [0.2, 0.25) is 0 Å². The van der Waals surface area contributed by atoms with E-state index in [1.54, 1.807) is 12.1 Å². The molecule has 1 N–H and O–H groups in total. The van der Waals surface area contributed by atoms with Crippen molar-refractivity contribution in [3.63, 3.8) is 0 Å². The van der Waals surface area contributed by atoms with E-state index < -0.39 is 10.0 Å². The standard InChI is InChI=1S/C16H24N2O4S/c1-2-3-6-13-22-15-7-9-16(10-8-15)23(20,21)18-12-5-4-11-17-14-19/h7-10,18H,2-6,11-13H2,1H3. The summed E-state index contributed by atoms with van der Waals surface area (Å²) in [5.41, 5.74) is 0. The zero-order valence-corrected chi connectivity index (χ0v) is 14.3. The van der Waals surface area contributed by atoms with Gasteiger partial charge in [0.15, 0.2) is 0 Å². The van der Waals surface area contributed by atoms with Gasteiger partial charge in [-0.15, -0.1) is 0 Å². The van der Waals surface area contributed by atoms with Crippen LogP contribution in [-0.4, -0.2) is 34.2 Å². The Kier molecular flexibility index (Phi) is 9.21. The van der Waals surface area contributed by atoms with E-state index in [-0.39, 0.29) is 4.90 Å². The number of sulfonamides is 1. The Balaban J connectivity index is 2.42. The van der Waals surface area contributed by atoms with E-state index in [0.717, 1.165) is 19.3 Å². The Labute approximate surface area is 138 Å². The molecule has 23 heavy (non-hydrogen) atoms. The molecule has 0 aromatic heterocycles. The number of rotatable bonds is 12. The summed E-state index contributed by atoms with van der Waals surface area (Å²) in [4.78, 5) is 13.5. The van der Waals surface area contributed by atoms with Crippen molar-refractivity contribution in [2.45, 2.75) is 43.9 Å². The third-order valence-electron chi connectivity index (χ3n) is 3.20. The first kappa shape index (κ1) is 19.4. The second-order valence-corrected chi connectivity index (χ2v) is 6.87. The summed E-state index contributed by atoms with van der Waals surface area (Å²) in [6.07, 6.45) is 5.95. The first-order valence-electron chi connectivity index (χ1n) is 7.86. The maximum Gasteiger partial charge on any atom is 0.240 e. The highest BCUT2D eigenvalue weighted by molar-refractivity contribution is 7.89. The lowest BCUT2D eigenvalue weighted by molar-refractivity contribution is 0.306. The van der Waals surface area contributed by atoms with Crippen molar-refractivity contribution in [2.24, 2.45) is 4.99 Å². The van der Waals surface area contributed by atoms with Crippen LogP contribution >= 0.6 is 0 Å². The maximum atomic E-state index is 12.1. The summed E-state index contributed by atoms with van der Waals surface area (Å²) >= 11 is 0. The van der Waals surface area contributed by atoms with Crippen LogP contribution in [-0.2, 0) is 14.8 Å². The van der Waals surface area contributed by atoms with Gasteiger partial charge in [-0.05, 0) is 43.5 Å². The number of aliphatic imine (C=N–C) groups is 1. The van der Waals surface area contributed by atoms with Crippen molar-refractivity contribution in [1.29, 1.82) is 0 Å². The molecule has 0 atom stereocenters. The molecule has 0 aliphatic carbocycles. The van der Waals surface area contributed by atoms with Gasteiger partial charge in [0.1, 0.15) is 5.75 Å². The average Bonchev–Trinajstić information content (AvgIpc) is 2.55. The molecule has 0 radical (unpaired) electrons. The lowest BCUT2D eigenvalue weighted by Gasteiger charge is -2.08. The molecule has 0 bridgehead atoms. The molecule has 6 nitrogen and oxygen atoms in total. The second-order valence-electron chi connectivity index (χ2n) is 5.10. The largest absolute Gasteiger partial charge is 0.494 e. The van der Waals surface area contributed by atoms with Gasteiger partial charge in [0, 0.05) is 6.54 Å². The summed E-state index contributed by atoms with van der Waals surface area (Å²) in [6.45, 7) is 3.45. The lowest BCUT2D eigenvalue weighted by atomic mass is 10.3. The highest BCUT2D eigenvalue weighted by Gasteiger charge is 2.12. The van der Waals surface area contributed by atoms with Gasteiger partial charge in [-0.1, -0.05) is 19.8 Å². The van der Waals surface area contributed by atoms with Crippen LogP contribution in [0, 0.1) is 0 Å². The molecular weight excluding hydrogens is 316 g/mol. The van der Waals surface area contributed by atoms with Crippen molar-refractivity contribution >= 4 is 16.1 Å². The highest BCUT2D eigenvalue weighted by Crippen LogP contribution is 2.16.